The first-order valence-corrected chi connectivity index (χ1v) is 28.7. The summed E-state index contributed by atoms with van der Waals surface area (Å²) >= 11 is 0. The van der Waals surface area contributed by atoms with Gasteiger partial charge in [-0.1, -0.05) is 67.6 Å². The first-order chi connectivity index (χ1) is 39.8. The van der Waals surface area contributed by atoms with Crippen molar-refractivity contribution < 1.29 is 38.4 Å². The molecule has 428 valence electrons. The number of nitrogens with zero attached hydrogens (tertiary/aromatic N) is 10. The molecule has 0 bridgehead atoms. The Hall–Kier alpha value is -7.85. The minimum absolute atomic E-state index is 0.0392. The largest absolute Gasteiger partial charge is 0.486 e. The first kappa shape index (κ1) is 54.7. The smallest absolute Gasteiger partial charge is 0.319 e. The van der Waals surface area contributed by atoms with E-state index in [9.17, 15) is 19.8 Å². The number of aromatic amines is 1. The summed E-state index contributed by atoms with van der Waals surface area (Å²) in [6.45, 7) is 10.7. The van der Waals surface area contributed by atoms with Gasteiger partial charge < -0.3 is 44.9 Å². The lowest BCUT2D eigenvalue weighted by Gasteiger charge is -2.30. The molecule has 2 amide bonds. The van der Waals surface area contributed by atoms with E-state index in [0.717, 1.165) is 95.3 Å². The fourth-order valence-corrected chi connectivity index (χ4v) is 12.1. The number of likely N-dealkylation sites (N-methyl/N-ethyl adjacent to an activating group) is 1. The molecule has 7 heterocycles. The number of nitrogens with one attached hydrogen (secondary N) is 3. The molecule has 4 fully saturated rings. The standard InChI is InChI=1S/C61H70FN13O7/c1-6-74-51(20-22-65-74)40-17-15-39(16-18-40)50(31-76)66-59(78)52-24-42(77)29-73(52)60(79)56(34(2)3)75-30-49(70-71-75)38-11-9-36(10-12-38)32-81-57-54(53-35(4)47(62)26-48-46(53)28-64-69-48)44(37-13-14-37)25-45-55(57)67-61(82-33-43-8-7-23-80-43)68-58(45)72(5)41-19-21-63-27-41/h9-12,15-18,20,22,25-26,28,30,34,37,41-43,50,52,56,63,76-77H,6-8,13-14,19,21,23-24,27,29,31-33H2,1-5H3,(H,64,69)(H,66,78)/t41-,42+,43+,50-,52-,56-/m0/s1. The summed E-state index contributed by atoms with van der Waals surface area (Å²) in [5.74, 6) is -0.0660. The van der Waals surface area contributed by atoms with Crippen LogP contribution >= 0.6 is 0 Å². The number of aliphatic hydroxyl groups excluding tert-OH is 2. The minimum Gasteiger partial charge on any atom is -0.486 e. The molecule has 3 aliphatic heterocycles. The van der Waals surface area contributed by atoms with Gasteiger partial charge in [-0.05, 0) is 110 Å². The molecule has 4 aromatic carbocycles. The van der Waals surface area contributed by atoms with Crippen molar-refractivity contribution in [3.63, 3.8) is 0 Å². The van der Waals surface area contributed by atoms with Gasteiger partial charge in [0.2, 0.25) is 11.8 Å². The molecule has 4 aliphatic rings. The second-order valence-corrected chi connectivity index (χ2v) is 22.6. The summed E-state index contributed by atoms with van der Waals surface area (Å²) < 4.78 is 39.0. The molecule has 82 heavy (non-hydrogen) atoms. The van der Waals surface area contributed by atoms with Gasteiger partial charge >= 0.3 is 6.01 Å². The Kier molecular flexibility index (Phi) is 15.5. The second kappa shape index (κ2) is 23.2. The molecule has 1 saturated carbocycles. The van der Waals surface area contributed by atoms with Crippen LogP contribution in [0.2, 0.25) is 0 Å². The van der Waals surface area contributed by atoms with E-state index in [-0.39, 0.29) is 67.9 Å². The third-order valence-electron chi connectivity index (χ3n) is 16.8. The molecule has 0 spiro atoms. The number of carbonyl (C=O) groups excluding carboxylic acids is 2. The maximum atomic E-state index is 16.1. The molecule has 8 aromatic rings. The predicted molar refractivity (Wildman–Crippen MR) is 307 cm³/mol. The fourth-order valence-electron chi connectivity index (χ4n) is 12.1. The minimum atomic E-state index is -0.985. The number of likely N-dealkylation sites (tertiary alicyclic amines) is 1. The Morgan fingerprint density at radius 1 is 0.988 bits per heavy atom. The number of fused-ring (bicyclic) bond motifs is 2. The lowest BCUT2D eigenvalue weighted by atomic mass is 9.88. The lowest BCUT2D eigenvalue weighted by Crippen LogP contribution is -2.50. The number of aromatic nitrogens is 9. The van der Waals surface area contributed by atoms with Crippen LogP contribution < -0.4 is 25.0 Å². The van der Waals surface area contributed by atoms with Gasteiger partial charge in [-0.2, -0.15) is 20.2 Å². The number of carbonyl (C=O) groups is 2. The van der Waals surface area contributed by atoms with Crippen molar-refractivity contribution in [2.24, 2.45) is 5.92 Å². The number of rotatable bonds is 20. The molecule has 12 rings (SSSR count). The van der Waals surface area contributed by atoms with E-state index in [1.54, 1.807) is 25.5 Å². The van der Waals surface area contributed by atoms with Crippen LogP contribution in [0.3, 0.4) is 0 Å². The number of anilines is 1. The molecular weight excluding hydrogens is 1050 g/mol. The van der Waals surface area contributed by atoms with Crippen LogP contribution in [-0.2, 0) is 27.5 Å². The Morgan fingerprint density at radius 3 is 2.51 bits per heavy atom. The van der Waals surface area contributed by atoms with Crippen LogP contribution in [0.25, 0.3) is 55.4 Å². The van der Waals surface area contributed by atoms with Gasteiger partial charge in [0.1, 0.15) is 48.1 Å². The third kappa shape index (κ3) is 10.8. The number of halogens is 1. The lowest BCUT2D eigenvalue weighted by molar-refractivity contribution is -0.142. The first-order valence-electron chi connectivity index (χ1n) is 28.7. The molecule has 1 aliphatic carbocycles. The Bertz CT molecular complexity index is 3610. The number of aliphatic hydroxyl groups is 2. The Balaban J connectivity index is 0.819. The van der Waals surface area contributed by atoms with Gasteiger partial charge in [-0.15, -0.1) is 5.10 Å². The van der Waals surface area contributed by atoms with Crippen LogP contribution in [-0.4, -0.2) is 143 Å². The zero-order valence-electron chi connectivity index (χ0n) is 46.9. The third-order valence-corrected chi connectivity index (χ3v) is 16.8. The average molecular weight is 1120 g/mol. The van der Waals surface area contributed by atoms with Crippen molar-refractivity contribution in [2.75, 3.05) is 51.4 Å². The number of aryl methyl sites for hydroxylation is 1. The summed E-state index contributed by atoms with van der Waals surface area (Å²) in [6.07, 6.45) is 8.99. The fraction of sp³-hybridized carbons (Fsp3) is 0.443. The normalized spacial score (nSPS) is 19.8. The topological polar surface area (TPSA) is 236 Å². The molecule has 21 heteroatoms. The molecular formula is C61H70FN13O7. The number of ether oxygens (including phenoxy) is 3. The quantitative estimate of drug-likeness (QED) is 0.0495. The summed E-state index contributed by atoms with van der Waals surface area (Å²) in [7, 11) is 2.07. The van der Waals surface area contributed by atoms with Gasteiger partial charge in [-0.3, -0.25) is 19.4 Å². The predicted octanol–water partition coefficient (Wildman–Crippen LogP) is 7.58. The van der Waals surface area contributed by atoms with Gasteiger partial charge in [-0.25, -0.2) is 9.07 Å². The van der Waals surface area contributed by atoms with Gasteiger partial charge in [0.25, 0.3) is 0 Å². The maximum Gasteiger partial charge on any atom is 0.319 e. The van der Waals surface area contributed by atoms with Gasteiger partial charge in [0, 0.05) is 79.4 Å². The second-order valence-electron chi connectivity index (χ2n) is 22.6. The average Bonchev–Trinajstić information content (AvgIpc) is 4.41. The van der Waals surface area contributed by atoms with Crippen molar-refractivity contribution in [3.8, 4) is 45.4 Å². The molecule has 20 nitrogen and oxygen atoms in total. The Morgan fingerprint density at radius 2 is 1.79 bits per heavy atom. The zero-order chi connectivity index (χ0) is 56.8. The van der Waals surface area contributed by atoms with E-state index in [2.05, 4.69) is 54.3 Å². The molecule has 0 radical (unpaired) electrons. The van der Waals surface area contributed by atoms with Crippen LogP contribution in [0.4, 0.5) is 10.2 Å². The van der Waals surface area contributed by atoms with Crippen molar-refractivity contribution in [2.45, 2.75) is 122 Å². The number of amides is 2. The summed E-state index contributed by atoms with van der Waals surface area (Å²) in [5, 5.41) is 50.1. The summed E-state index contributed by atoms with van der Waals surface area (Å²) in [6, 6.07) is 18.7. The summed E-state index contributed by atoms with van der Waals surface area (Å²) in [5.41, 5.74) is 8.79. The van der Waals surface area contributed by atoms with Crippen LogP contribution in [0.1, 0.15) is 99.6 Å². The molecule has 0 unspecified atom stereocenters. The highest BCUT2D eigenvalue weighted by molar-refractivity contribution is 6.06. The number of H-pyrrole nitrogens is 1. The van der Waals surface area contributed by atoms with E-state index in [4.69, 9.17) is 24.2 Å². The SMILES string of the molecule is CCn1nccc1-c1ccc([C@H](CO)NC(=O)[C@@H]2C[C@@H](O)CN2C(=O)[C@H](C(C)C)n2cc(-c3ccc(COc4c(-c5c(C)c(F)cc6[nH]ncc56)c(C5CC5)cc5c(N(C)[C@H]6CCNC6)nc(OC[C@H]6CCCO6)nc45)cc3)nn2)cc1. The van der Waals surface area contributed by atoms with Crippen LogP contribution in [0.5, 0.6) is 11.8 Å². The van der Waals surface area contributed by atoms with E-state index in [0.29, 0.717) is 58.9 Å². The number of hydrogen-bond donors (Lipinski definition) is 5. The van der Waals surface area contributed by atoms with Crippen LogP contribution in [0.15, 0.2) is 85.3 Å². The van der Waals surface area contributed by atoms with Crippen molar-refractivity contribution in [3.05, 3.63) is 113 Å². The number of benzene rings is 4. The highest BCUT2D eigenvalue weighted by Gasteiger charge is 2.43. The molecule has 4 aromatic heterocycles. The maximum absolute atomic E-state index is 16.1. The van der Waals surface area contributed by atoms with E-state index >= 15 is 4.39 Å². The number of β-amino-alcohol motifs (C(OH)–C–C–N with tert-alkyl or cyclic N) is 1. The van der Waals surface area contributed by atoms with E-state index in [1.807, 2.05) is 80.1 Å². The van der Waals surface area contributed by atoms with Gasteiger partial charge in [0.05, 0.1) is 48.5 Å². The van der Waals surface area contributed by atoms with E-state index < -0.39 is 30.1 Å². The number of hydrogen-bond acceptors (Lipinski definition) is 15. The molecule has 5 N–H and O–H groups in total. The molecule has 6 atom stereocenters. The molecule has 3 saturated heterocycles. The van der Waals surface area contributed by atoms with Crippen molar-refractivity contribution >= 4 is 39.4 Å². The monoisotopic (exact) mass is 1120 g/mol. The highest BCUT2D eigenvalue weighted by atomic mass is 19.1. The zero-order valence-corrected chi connectivity index (χ0v) is 46.9. The Labute approximate surface area is 474 Å². The van der Waals surface area contributed by atoms with Crippen molar-refractivity contribution in [1.29, 1.82) is 0 Å². The summed E-state index contributed by atoms with van der Waals surface area (Å²) in [4.78, 5) is 42.6. The van der Waals surface area contributed by atoms with Crippen LogP contribution in [0, 0.1) is 18.7 Å². The van der Waals surface area contributed by atoms with Gasteiger partial charge in [0.15, 0.2) is 5.75 Å². The van der Waals surface area contributed by atoms with Crippen molar-refractivity contribution in [1.82, 2.24) is 60.5 Å². The highest BCUT2D eigenvalue weighted by Crippen LogP contribution is 2.53. The van der Waals surface area contributed by atoms with E-state index in [1.165, 1.54) is 15.6 Å².